The first-order valence-electron chi connectivity index (χ1n) is 8.52. The van der Waals surface area contributed by atoms with Crippen molar-refractivity contribution in [2.24, 2.45) is 0 Å². The van der Waals surface area contributed by atoms with Gasteiger partial charge in [0.05, 0.1) is 13.2 Å². The molecule has 0 radical (unpaired) electrons. The Labute approximate surface area is 157 Å². The Morgan fingerprint density at radius 2 is 2.15 bits per heavy atom. The maximum atomic E-state index is 12.9. The molecule has 2 aliphatic heterocycles. The van der Waals surface area contributed by atoms with Gasteiger partial charge in [0.15, 0.2) is 6.10 Å². The maximum absolute atomic E-state index is 12.9. The Kier molecular flexibility index (Phi) is 4.77. The van der Waals surface area contributed by atoms with Crippen LogP contribution in [-0.2, 0) is 28.7 Å². The van der Waals surface area contributed by atoms with Gasteiger partial charge in [-0.3, -0.25) is 4.79 Å². The van der Waals surface area contributed by atoms with E-state index < -0.39 is 18.0 Å². The summed E-state index contributed by atoms with van der Waals surface area (Å²) in [6, 6.07) is 2.85. The summed E-state index contributed by atoms with van der Waals surface area (Å²) in [5, 5.41) is 2.02. The van der Waals surface area contributed by atoms with Gasteiger partial charge in [0, 0.05) is 30.7 Å². The number of morpholine rings is 1. The first-order chi connectivity index (χ1) is 12.9. The fourth-order valence-electron chi connectivity index (χ4n) is 3.28. The highest BCUT2D eigenvalue weighted by atomic mass is 32.1. The van der Waals surface area contributed by atoms with Crippen molar-refractivity contribution in [3.63, 3.8) is 0 Å². The molecular weight excluding hydrogens is 381 g/mol. The number of halogens is 3. The molecule has 4 rings (SSSR count). The second-order valence-electron chi connectivity index (χ2n) is 6.42. The summed E-state index contributed by atoms with van der Waals surface area (Å²) in [4.78, 5) is 25.0. The predicted octanol–water partition coefficient (Wildman–Crippen LogP) is 2.35. The molecule has 1 saturated heterocycles. The number of hydrogen-bond donors (Lipinski definition) is 0. The molecule has 2 aliphatic rings. The van der Waals surface area contributed by atoms with E-state index in [1.54, 1.807) is 21.1 Å². The van der Waals surface area contributed by atoms with E-state index in [2.05, 4.69) is 9.97 Å². The van der Waals surface area contributed by atoms with Crippen molar-refractivity contribution in [3.05, 3.63) is 39.8 Å². The summed E-state index contributed by atoms with van der Waals surface area (Å²) in [6.45, 7) is 1.85. The molecule has 144 valence electrons. The molecular formula is C17H17F3N4O2S. The molecule has 0 N–H and O–H groups in total. The molecule has 2 aromatic rings. The van der Waals surface area contributed by atoms with Crippen molar-refractivity contribution in [1.82, 2.24) is 14.9 Å². The summed E-state index contributed by atoms with van der Waals surface area (Å²) in [7, 11) is 0. The monoisotopic (exact) mass is 398 g/mol. The van der Waals surface area contributed by atoms with Gasteiger partial charge in [-0.25, -0.2) is 9.97 Å². The highest BCUT2D eigenvalue weighted by molar-refractivity contribution is 7.10. The van der Waals surface area contributed by atoms with Crippen LogP contribution in [0, 0.1) is 0 Å². The zero-order valence-electron chi connectivity index (χ0n) is 14.3. The largest absolute Gasteiger partial charge is 0.433 e. The normalized spacial score (nSPS) is 20.5. The van der Waals surface area contributed by atoms with Gasteiger partial charge in [-0.05, 0) is 29.5 Å². The molecule has 0 aromatic carbocycles. The second kappa shape index (κ2) is 7.08. The topological polar surface area (TPSA) is 58.6 Å². The number of fused-ring (bicyclic) bond motifs is 1. The van der Waals surface area contributed by atoms with E-state index in [0.717, 1.165) is 24.2 Å². The number of carbonyl (C=O) groups excluding carboxylic acids is 1. The fourth-order valence-corrected chi connectivity index (χ4v) is 4.17. The van der Waals surface area contributed by atoms with E-state index in [1.807, 2.05) is 11.4 Å². The summed E-state index contributed by atoms with van der Waals surface area (Å²) in [5.41, 5.74) is 0.149. The Balaban J connectivity index is 1.46. The van der Waals surface area contributed by atoms with Crippen molar-refractivity contribution >= 4 is 23.2 Å². The van der Waals surface area contributed by atoms with E-state index in [-0.39, 0.29) is 25.0 Å². The molecule has 6 nitrogen and oxygen atoms in total. The van der Waals surface area contributed by atoms with Crippen LogP contribution in [0.3, 0.4) is 0 Å². The third kappa shape index (κ3) is 3.77. The lowest BCUT2D eigenvalue weighted by atomic mass is 10.1. The number of rotatable bonds is 2. The van der Waals surface area contributed by atoms with Crippen LogP contribution in [0.15, 0.2) is 23.7 Å². The van der Waals surface area contributed by atoms with E-state index >= 15 is 0 Å². The van der Waals surface area contributed by atoms with Crippen LogP contribution in [0.1, 0.15) is 16.1 Å². The molecule has 0 saturated carbocycles. The molecule has 1 fully saturated rings. The third-order valence-corrected chi connectivity index (χ3v) is 5.70. The van der Waals surface area contributed by atoms with Gasteiger partial charge in [0.2, 0.25) is 5.95 Å². The minimum absolute atomic E-state index is 0.0373. The molecule has 10 heteroatoms. The number of aromatic nitrogens is 2. The van der Waals surface area contributed by atoms with Gasteiger partial charge in [0.1, 0.15) is 5.69 Å². The molecule has 2 aromatic heterocycles. The zero-order valence-corrected chi connectivity index (χ0v) is 15.1. The van der Waals surface area contributed by atoms with Crippen LogP contribution < -0.4 is 4.90 Å². The number of nitrogens with zero attached hydrogens (tertiary/aromatic N) is 4. The van der Waals surface area contributed by atoms with Crippen molar-refractivity contribution in [1.29, 1.82) is 0 Å². The first-order valence-corrected chi connectivity index (χ1v) is 9.40. The van der Waals surface area contributed by atoms with Crippen LogP contribution in [0.4, 0.5) is 19.1 Å². The Bertz CT molecular complexity index is 842. The van der Waals surface area contributed by atoms with E-state index in [0.29, 0.717) is 19.6 Å². The molecule has 27 heavy (non-hydrogen) atoms. The van der Waals surface area contributed by atoms with Crippen molar-refractivity contribution in [3.8, 4) is 0 Å². The van der Waals surface area contributed by atoms with E-state index in [1.165, 1.54) is 4.88 Å². The summed E-state index contributed by atoms with van der Waals surface area (Å²) in [5.74, 6) is -0.187. The quantitative estimate of drug-likeness (QED) is 0.777. The number of alkyl halides is 3. The molecule has 0 bridgehead atoms. The third-order valence-electron chi connectivity index (χ3n) is 4.68. The predicted molar refractivity (Wildman–Crippen MR) is 92.4 cm³/mol. The highest BCUT2D eigenvalue weighted by Gasteiger charge is 2.35. The second-order valence-corrected chi connectivity index (χ2v) is 7.42. The number of thiophene rings is 1. The minimum Gasteiger partial charge on any atom is -0.365 e. The smallest absolute Gasteiger partial charge is 0.365 e. The molecule has 4 heterocycles. The summed E-state index contributed by atoms with van der Waals surface area (Å²) >= 11 is 1.69. The average Bonchev–Trinajstić information content (AvgIpc) is 3.15. The van der Waals surface area contributed by atoms with Crippen molar-refractivity contribution in [2.45, 2.75) is 25.2 Å². The van der Waals surface area contributed by atoms with Crippen LogP contribution in [0.2, 0.25) is 0 Å². The van der Waals surface area contributed by atoms with E-state index in [9.17, 15) is 18.0 Å². The lowest BCUT2D eigenvalue weighted by molar-refractivity contribution is -0.145. The molecule has 0 aliphatic carbocycles. The summed E-state index contributed by atoms with van der Waals surface area (Å²) < 4.78 is 44.3. The standard InChI is InChI=1S/C17H17F3N4O2S/c18-17(19,20)14-1-4-21-16(22-14)24-6-7-26-12(10-24)15(25)23-5-2-13-11(9-23)3-8-27-13/h1,3-4,8,12H,2,5-7,9-10H2. The molecule has 1 amide bonds. The fraction of sp³-hybridized carbons (Fsp3) is 0.471. The SMILES string of the molecule is O=C(C1CN(c2nccc(C(F)(F)F)n2)CCO1)N1CCc2sccc2C1. The molecule has 0 spiro atoms. The Hall–Kier alpha value is -2.20. The highest BCUT2D eigenvalue weighted by Crippen LogP contribution is 2.29. The zero-order chi connectivity index (χ0) is 19.0. The Morgan fingerprint density at radius 1 is 1.30 bits per heavy atom. The number of ether oxygens (including phenoxy) is 1. The Morgan fingerprint density at radius 3 is 2.96 bits per heavy atom. The number of carbonyl (C=O) groups is 1. The van der Waals surface area contributed by atoms with Gasteiger partial charge in [0.25, 0.3) is 5.91 Å². The van der Waals surface area contributed by atoms with Gasteiger partial charge < -0.3 is 14.5 Å². The summed E-state index contributed by atoms with van der Waals surface area (Å²) in [6.07, 6.45) is -3.38. The lowest BCUT2D eigenvalue weighted by Gasteiger charge is -2.36. The molecule has 1 atom stereocenters. The van der Waals surface area contributed by atoms with Crippen molar-refractivity contribution < 1.29 is 22.7 Å². The van der Waals surface area contributed by atoms with Crippen LogP contribution in [0.5, 0.6) is 0 Å². The number of amides is 1. The van der Waals surface area contributed by atoms with Gasteiger partial charge >= 0.3 is 6.18 Å². The van der Waals surface area contributed by atoms with Gasteiger partial charge in [-0.1, -0.05) is 0 Å². The number of anilines is 1. The van der Waals surface area contributed by atoms with Crippen LogP contribution in [-0.4, -0.2) is 53.1 Å². The number of hydrogen-bond acceptors (Lipinski definition) is 6. The van der Waals surface area contributed by atoms with Gasteiger partial charge in [-0.15, -0.1) is 11.3 Å². The van der Waals surface area contributed by atoms with Gasteiger partial charge in [-0.2, -0.15) is 13.2 Å². The van der Waals surface area contributed by atoms with Crippen LogP contribution >= 0.6 is 11.3 Å². The first kappa shape index (κ1) is 18.2. The van der Waals surface area contributed by atoms with Crippen molar-refractivity contribution in [2.75, 3.05) is 31.1 Å². The maximum Gasteiger partial charge on any atom is 0.433 e. The molecule has 1 unspecified atom stereocenters. The minimum atomic E-state index is -4.54. The lowest BCUT2D eigenvalue weighted by Crippen LogP contribution is -2.52. The van der Waals surface area contributed by atoms with E-state index in [4.69, 9.17) is 4.74 Å². The average molecular weight is 398 g/mol. The van der Waals surface area contributed by atoms with Crippen LogP contribution in [0.25, 0.3) is 0 Å².